The normalized spacial score (nSPS) is 11.3. The molecule has 0 radical (unpaired) electrons. The molecule has 0 bridgehead atoms. The highest BCUT2D eigenvalue weighted by molar-refractivity contribution is 7.07. The summed E-state index contributed by atoms with van der Waals surface area (Å²) in [7, 11) is 0. The number of alkyl halides is 3. The first-order valence-electron chi connectivity index (χ1n) is 6.85. The van der Waals surface area contributed by atoms with Crippen LogP contribution in [-0.2, 0) is 17.8 Å². The van der Waals surface area contributed by atoms with E-state index >= 15 is 0 Å². The molecule has 0 aromatic carbocycles. The number of halogens is 3. The van der Waals surface area contributed by atoms with Gasteiger partial charge < -0.3 is 10.1 Å². The fraction of sp³-hybridized carbons (Fsp3) is 0.333. The van der Waals surface area contributed by atoms with Crippen molar-refractivity contribution >= 4 is 17.2 Å². The maximum atomic E-state index is 12.2. The molecule has 0 saturated heterocycles. The zero-order chi connectivity index (χ0) is 16.7. The summed E-state index contributed by atoms with van der Waals surface area (Å²) in [5.74, 6) is -0.301. The van der Waals surface area contributed by atoms with Crippen LogP contribution in [0.3, 0.4) is 0 Å². The summed E-state index contributed by atoms with van der Waals surface area (Å²) in [6.45, 7) is -1.34. The third-order valence-electron chi connectivity index (χ3n) is 2.92. The number of nitrogens with zero attached hydrogens (tertiary/aromatic N) is 1. The number of carbonyl (C=O) groups excluding carboxylic acids is 1. The summed E-state index contributed by atoms with van der Waals surface area (Å²) in [6.07, 6.45) is -2.15. The molecule has 124 valence electrons. The molecule has 1 N–H and O–H groups in total. The minimum absolute atomic E-state index is 0.0729. The van der Waals surface area contributed by atoms with Crippen molar-refractivity contribution in [2.24, 2.45) is 0 Å². The lowest BCUT2D eigenvalue weighted by molar-refractivity contribution is -0.154. The molecule has 2 rings (SSSR count). The highest BCUT2D eigenvalue weighted by atomic mass is 32.1. The van der Waals surface area contributed by atoms with Gasteiger partial charge in [0.2, 0.25) is 11.8 Å². The second-order valence-corrected chi connectivity index (χ2v) is 5.56. The molecule has 2 aromatic heterocycles. The predicted octanol–water partition coefficient (Wildman–Crippen LogP) is 3.33. The van der Waals surface area contributed by atoms with Crippen LogP contribution >= 0.6 is 11.3 Å². The van der Waals surface area contributed by atoms with E-state index in [9.17, 15) is 18.0 Å². The second-order valence-electron chi connectivity index (χ2n) is 4.78. The standard InChI is InChI=1S/C15H15F3N2O2S/c16-15(17,18)10-22-14-12(2-1-6-19-14)8-20-13(21)4-3-11-5-7-23-9-11/h1-2,5-7,9H,3-4,8,10H2,(H,20,21). The molecule has 0 saturated carbocycles. The highest BCUT2D eigenvalue weighted by Gasteiger charge is 2.29. The maximum Gasteiger partial charge on any atom is 0.422 e. The van der Waals surface area contributed by atoms with Crippen LogP contribution in [0.15, 0.2) is 35.2 Å². The summed E-state index contributed by atoms with van der Waals surface area (Å²) < 4.78 is 41.3. The van der Waals surface area contributed by atoms with Gasteiger partial charge in [-0.25, -0.2) is 4.98 Å². The first-order chi connectivity index (χ1) is 10.9. The molecule has 0 spiro atoms. The summed E-state index contributed by atoms with van der Waals surface area (Å²) >= 11 is 1.56. The minimum atomic E-state index is -4.43. The number of nitrogens with one attached hydrogen (secondary N) is 1. The number of thiophene rings is 1. The van der Waals surface area contributed by atoms with E-state index < -0.39 is 12.8 Å². The van der Waals surface area contributed by atoms with Crippen LogP contribution in [0.1, 0.15) is 17.5 Å². The van der Waals surface area contributed by atoms with E-state index in [0.717, 1.165) is 5.56 Å². The van der Waals surface area contributed by atoms with Gasteiger partial charge in [0.1, 0.15) is 0 Å². The Morgan fingerprint density at radius 1 is 1.35 bits per heavy atom. The van der Waals surface area contributed by atoms with Gasteiger partial charge in [-0.05, 0) is 34.9 Å². The maximum absolute atomic E-state index is 12.2. The lowest BCUT2D eigenvalue weighted by Gasteiger charge is -2.12. The van der Waals surface area contributed by atoms with Crippen LogP contribution < -0.4 is 10.1 Å². The van der Waals surface area contributed by atoms with Crippen molar-refractivity contribution in [1.82, 2.24) is 10.3 Å². The Kier molecular flexibility index (Phi) is 5.97. The smallest absolute Gasteiger partial charge is 0.422 e. The fourth-order valence-corrected chi connectivity index (χ4v) is 2.52. The van der Waals surface area contributed by atoms with Crippen LogP contribution in [-0.4, -0.2) is 23.7 Å². The van der Waals surface area contributed by atoms with E-state index in [0.29, 0.717) is 18.4 Å². The van der Waals surface area contributed by atoms with E-state index in [2.05, 4.69) is 15.0 Å². The van der Waals surface area contributed by atoms with Gasteiger partial charge in [-0.1, -0.05) is 6.07 Å². The van der Waals surface area contributed by atoms with Gasteiger partial charge in [0.05, 0.1) is 0 Å². The zero-order valence-electron chi connectivity index (χ0n) is 12.1. The van der Waals surface area contributed by atoms with E-state index in [1.54, 1.807) is 23.5 Å². The third kappa shape index (κ3) is 6.27. The van der Waals surface area contributed by atoms with Gasteiger partial charge in [-0.3, -0.25) is 4.79 Å². The van der Waals surface area contributed by atoms with Crippen molar-refractivity contribution in [3.63, 3.8) is 0 Å². The largest absolute Gasteiger partial charge is 0.468 e. The van der Waals surface area contributed by atoms with Crippen LogP contribution in [0.25, 0.3) is 0 Å². The Hall–Kier alpha value is -2.09. The predicted molar refractivity (Wildman–Crippen MR) is 80.3 cm³/mol. The average Bonchev–Trinajstić information content (AvgIpc) is 3.02. The van der Waals surface area contributed by atoms with Gasteiger partial charge in [-0.15, -0.1) is 0 Å². The quantitative estimate of drug-likeness (QED) is 0.838. The van der Waals surface area contributed by atoms with Crippen LogP contribution in [0.4, 0.5) is 13.2 Å². The molecule has 0 aliphatic rings. The Bertz CT molecular complexity index is 630. The van der Waals surface area contributed by atoms with Crippen molar-refractivity contribution in [2.45, 2.75) is 25.6 Å². The second kappa shape index (κ2) is 7.96. The number of carbonyl (C=O) groups is 1. The minimum Gasteiger partial charge on any atom is -0.468 e. The third-order valence-corrected chi connectivity index (χ3v) is 3.65. The molecule has 0 aliphatic carbocycles. The van der Waals surface area contributed by atoms with Crippen molar-refractivity contribution < 1.29 is 22.7 Å². The van der Waals surface area contributed by atoms with Gasteiger partial charge >= 0.3 is 6.18 Å². The molecule has 8 heteroatoms. The number of aromatic nitrogens is 1. The molecule has 0 aliphatic heterocycles. The van der Waals surface area contributed by atoms with Crippen molar-refractivity contribution in [3.05, 3.63) is 46.3 Å². The number of rotatable bonds is 7. The van der Waals surface area contributed by atoms with Gasteiger partial charge in [0.15, 0.2) is 6.61 Å². The van der Waals surface area contributed by atoms with Crippen LogP contribution in [0.2, 0.25) is 0 Å². The van der Waals surface area contributed by atoms with Crippen molar-refractivity contribution in [2.75, 3.05) is 6.61 Å². The summed E-state index contributed by atoms with van der Waals surface area (Å²) in [5, 5.41) is 6.57. The Morgan fingerprint density at radius 3 is 2.87 bits per heavy atom. The first kappa shape index (κ1) is 17.3. The summed E-state index contributed by atoms with van der Waals surface area (Å²) in [5.41, 5.74) is 1.49. The highest BCUT2D eigenvalue weighted by Crippen LogP contribution is 2.19. The Morgan fingerprint density at radius 2 is 2.17 bits per heavy atom. The molecule has 0 unspecified atom stereocenters. The molecule has 0 fully saturated rings. The lowest BCUT2D eigenvalue weighted by Crippen LogP contribution is -2.24. The van der Waals surface area contributed by atoms with E-state index in [4.69, 9.17) is 0 Å². The van der Waals surface area contributed by atoms with E-state index in [1.807, 2.05) is 16.8 Å². The SMILES string of the molecule is O=C(CCc1ccsc1)NCc1cccnc1OCC(F)(F)F. The molecule has 1 amide bonds. The Labute approximate surface area is 135 Å². The molecular formula is C15H15F3N2O2S. The van der Waals surface area contributed by atoms with Crippen LogP contribution in [0.5, 0.6) is 5.88 Å². The number of hydrogen-bond donors (Lipinski definition) is 1. The summed E-state index contributed by atoms with van der Waals surface area (Å²) in [6, 6.07) is 5.09. The molecule has 2 heterocycles. The molecule has 23 heavy (non-hydrogen) atoms. The van der Waals surface area contributed by atoms with Crippen LogP contribution in [0, 0.1) is 0 Å². The fourth-order valence-electron chi connectivity index (χ4n) is 1.81. The molecular weight excluding hydrogens is 329 g/mol. The Balaban J connectivity index is 1.83. The summed E-state index contributed by atoms with van der Waals surface area (Å²) in [4.78, 5) is 15.6. The number of amides is 1. The van der Waals surface area contributed by atoms with Gasteiger partial charge in [0.25, 0.3) is 0 Å². The number of hydrogen-bond acceptors (Lipinski definition) is 4. The van der Waals surface area contributed by atoms with Crippen molar-refractivity contribution in [1.29, 1.82) is 0 Å². The molecule has 4 nitrogen and oxygen atoms in total. The first-order valence-corrected chi connectivity index (χ1v) is 7.79. The number of aryl methyl sites for hydroxylation is 1. The van der Waals surface area contributed by atoms with Crippen molar-refractivity contribution in [3.8, 4) is 5.88 Å². The molecule has 2 aromatic rings. The average molecular weight is 344 g/mol. The number of pyridine rings is 1. The topological polar surface area (TPSA) is 51.2 Å². The van der Waals surface area contributed by atoms with Gasteiger partial charge in [-0.2, -0.15) is 24.5 Å². The monoisotopic (exact) mass is 344 g/mol. The number of ether oxygens (including phenoxy) is 1. The van der Waals surface area contributed by atoms with E-state index in [1.165, 1.54) is 6.20 Å². The van der Waals surface area contributed by atoms with E-state index in [-0.39, 0.29) is 18.3 Å². The molecule has 0 atom stereocenters. The lowest BCUT2D eigenvalue weighted by atomic mass is 10.2. The zero-order valence-corrected chi connectivity index (χ0v) is 12.9. The van der Waals surface area contributed by atoms with Gasteiger partial charge in [0, 0.05) is 24.7 Å².